The predicted octanol–water partition coefficient (Wildman–Crippen LogP) is 5.34. The molecule has 8 nitrogen and oxygen atoms in total. The number of fused-ring (bicyclic) bond motifs is 1. The summed E-state index contributed by atoms with van der Waals surface area (Å²) < 4.78 is 7.22. The maximum atomic E-state index is 13.3. The van der Waals surface area contributed by atoms with Crippen molar-refractivity contribution >= 4 is 10.9 Å². The first-order valence-electron chi connectivity index (χ1n) is 13.2. The number of hydrogen-bond donors (Lipinski definition) is 1. The Morgan fingerprint density at radius 3 is 2.41 bits per heavy atom. The molecule has 200 valence electrons. The number of H-pyrrole nitrogens is 1. The van der Waals surface area contributed by atoms with E-state index in [0.717, 1.165) is 45.6 Å². The van der Waals surface area contributed by atoms with Crippen LogP contribution in [0.3, 0.4) is 0 Å². The number of aryl methyl sites for hydroxylation is 2. The van der Waals surface area contributed by atoms with Crippen molar-refractivity contribution in [2.45, 2.75) is 52.9 Å². The summed E-state index contributed by atoms with van der Waals surface area (Å²) in [4.78, 5) is 18.6. The highest BCUT2D eigenvalue weighted by Gasteiger charge is 2.26. The summed E-state index contributed by atoms with van der Waals surface area (Å²) in [7, 11) is 1.66. The van der Waals surface area contributed by atoms with E-state index in [1.807, 2.05) is 47.1 Å². The summed E-state index contributed by atoms with van der Waals surface area (Å²) in [6, 6.07) is 24.3. The van der Waals surface area contributed by atoms with Gasteiger partial charge in [-0.1, -0.05) is 49.4 Å². The molecule has 1 N–H and O–H groups in total. The third kappa shape index (κ3) is 5.91. The van der Waals surface area contributed by atoms with Crippen LogP contribution in [0.15, 0.2) is 77.6 Å². The molecule has 2 heterocycles. The van der Waals surface area contributed by atoms with Gasteiger partial charge in [0.25, 0.3) is 5.56 Å². The number of methoxy groups -OCH3 is 1. The minimum absolute atomic E-state index is 0.0794. The lowest BCUT2D eigenvalue weighted by atomic mass is 10.0. The van der Waals surface area contributed by atoms with Gasteiger partial charge in [-0.2, -0.15) is 0 Å². The van der Waals surface area contributed by atoms with E-state index in [0.29, 0.717) is 25.2 Å². The Morgan fingerprint density at radius 2 is 1.69 bits per heavy atom. The first-order valence-corrected chi connectivity index (χ1v) is 13.2. The van der Waals surface area contributed by atoms with Crippen molar-refractivity contribution in [1.29, 1.82) is 0 Å². The average Bonchev–Trinajstić information content (AvgIpc) is 3.39. The number of nitrogens with one attached hydrogen (secondary N) is 1. The van der Waals surface area contributed by atoms with Crippen LogP contribution in [0.25, 0.3) is 10.9 Å². The summed E-state index contributed by atoms with van der Waals surface area (Å²) in [6.45, 7) is 7.92. The Labute approximate surface area is 228 Å². The van der Waals surface area contributed by atoms with Crippen LogP contribution in [-0.4, -0.2) is 37.2 Å². The maximum Gasteiger partial charge on any atom is 0.252 e. The number of aromatic amines is 1. The normalized spacial score (nSPS) is 12.2. The number of ether oxygens (including phenoxy) is 1. The molecule has 0 fully saturated rings. The quantitative estimate of drug-likeness (QED) is 0.266. The Kier molecular flexibility index (Phi) is 7.84. The largest absolute Gasteiger partial charge is 0.497 e. The lowest BCUT2D eigenvalue weighted by Gasteiger charge is -2.30. The molecule has 0 amide bonds. The van der Waals surface area contributed by atoms with E-state index in [1.54, 1.807) is 7.11 Å². The van der Waals surface area contributed by atoms with Crippen molar-refractivity contribution in [3.8, 4) is 5.75 Å². The molecule has 1 unspecified atom stereocenters. The monoisotopic (exact) mass is 522 g/mol. The standard InChI is InChI=1S/C31H34N6O2/c1-5-29(30-33-34-35-37(30)19-23-9-7-6-8-10-23)36(18-24-11-13-27(39-4)14-12-24)20-26-17-25-15-21(2)22(3)16-28(25)32-31(26)38/h6-17,29H,5,18-20H2,1-4H3,(H,32,38). The van der Waals surface area contributed by atoms with E-state index in [9.17, 15) is 4.79 Å². The molecule has 0 saturated carbocycles. The smallest absolute Gasteiger partial charge is 0.252 e. The first-order chi connectivity index (χ1) is 18.9. The fourth-order valence-corrected chi connectivity index (χ4v) is 5.02. The summed E-state index contributed by atoms with van der Waals surface area (Å²) in [6.07, 6.45) is 0.773. The SMILES string of the molecule is CCC(c1nnnn1Cc1ccccc1)N(Cc1ccc(OC)cc1)Cc1cc2cc(C)c(C)cc2[nH]c1=O. The van der Waals surface area contributed by atoms with Gasteiger partial charge in [-0.3, -0.25) is 9.69 Å². The van der Waals surface area contributed by atoms with Crippen LogP contribution in [0.4, 0.5) is 0 Å². The zero-order valence-electron chi connectivity index (χ0n) is 22.9. The number of pyridine rings is 1. The molecule has 0 spiro atoms. The third-order valence-electron chi connectivity index (χ3n) is 7.31. The van der Waals surface area contributed by atoms with Gasteiger partial charge < -0.3 is 9.72 Å². The maximum absolute atomic E-state index is 13.3. The number of hydrogen-bond acceptors (Lipinski definition) is 6. The Hall–Kier alpha value is -4.30. The van der Waals surface area contributed by atoms with Gasteiger partial charge in [-0.15, -0.1) is 5.10 Å². The van der Waals surface area contributed by atoms with E-state index < -0.39 is 0 Å². The molecule has 0 bridgehead atoms. The first kappa shape index (κ1) is 26.3. The van der Waals surface area contributed by atoms with E-state index >= 15 is 0 Å². The van der Waals surface area contributed by atoms with Crippen molar-refractivity contribution in [2.24, 2.45) is 0 Å². The highest BCUT2D eigenvalue weighted by atomic mass is 16.5. The molecule has 8 heteroatoms. The van der Waals surface area contributed by atoms with Gasteiger partial charge in [0.1, 0.15) is 5.75 Å². The molecular weight excluding hydrogens is 488 g/mol. The van der Waals surface area contributed by atoms with Crippen LogP contribution >= 0.6 is 0 Å². The fraction of sp³-hybridized carbons (Fsp3) is 0.290. The molecule has 0 radical (unpaired) electrons. The number of rotatable bonds is 10. The van der Waals surface area contributed by atoms with Crippen molar-refractivity contribution in [3.63, 3.8) is 0 Å². The zero-order chi connectivity index (χ0) is 27.4. The molecule has 5 rings (SSSR count). The summed E-state index contributed by atoms with van der Waals surface area (Å²) >= 11 is 0. The van der Waals surface area contributed by atoms with Crippen LogP contribution < -0.4 is 10.3 Å². The molecule has 39 heavy (non-hydrogen) atoms. The second kappa shape index (κ2) is 11.6. The summed E-state index contributed by atoms with van der Waals surface area (Å²) in [5, 5.41) is 13.8. The van der Waals surface area contributed by atoms with Crippen LogP contribution in [0.5, 0.6) is 5.75 Å². The fourth-order valence-electron chi connectivity index (χ4n) is 5.02. The van der Waals surface area contributed by atoms with Gasteiger partial charge in [-0.25, -0.2) is 4.68 Å². The average molecular weight is 523 g/mol. The molecule has 0 aliphatic rings. The zero-order valence-corrected chi connectivity index (χ0v) is 22.9. The molecule has 5 aromatic rings. The van der Waals surface area contributed by atoms with Crippen molar-refractivity contribution in [1.82, 2.24) is 30.1 Å². The van der Waals surface area contributed by atoms with Crippen molar-refractivity contribution in [3.05, 3.63) is 117 Å². The molecule has 0 aliphatic heterocycles. The predicted molar refractivity (Wildman–Crippen MR) is 153 cm³/mol. The minimum Gasteiger partial charge on any atom is -0.497 e. The topological polar surface area (TPSA) is 88.9 Å². The Bertz CT molecular complexity index is 1610. The van der Waals surface area contributed by atoms with Gasteiger partial charge in [0.05, 0.1) is 19.7 Å². The van der Waals surface area contributed by atoms with Crippen LogP contribution in [0, 0.1) is 13.8 Å². The Balaban J connectivity index is 1.53. The molecule has 2 aromatic heterocycles. The lowest BCUT2D eigenvalue weighted by Crippen LogP contribution is -2.32. The molecule has 0 aliphatic carbocycles. The number of tetrazole rings is 1. The van der Waals surface area contributed by atoms with Crippen molar-refractivity contribution < 1.29 is 4.74 Å². The molecular formula is C31H34N6O2. The van der Waals surface area contributed by atoms with Crippen LogP contribution in [0.1, 0.15) is 53.0 Å². The number of nitrogens with zero attached hydrogens (tertiary/aromatic N) is 5. The molecule has 0 saturated heterocycles. The summed E-state index contributed by atoms with van der Waals surface area (Å²) in [5.74, 6) is 1.58. The van der Waals surface area contributed by atoms with Crippen LogP contribution in [-0.2, 0) is 19.6 Å². The second-order valence-electron chi connectivity index (χ2n) is 10.0. The highest BCUT2D eigenvalue weighted by Crippen LogP contribution is 2.28. The molecule has 3 aromatic carbocycles. The second-order valence-corrected chi connectivity index (χ2v) is 10.0. The van der Waals surface area contributed by atoms with Gasteiger partial charge in [0.2, 0.25) is 0 Å². The number of aromatic nitrogens is 5. The summed E-state index contributed by atoms with van der Waals surface area (Å²) in [5.41, 5.74) is 6.07. The lowest BCUT2D eigenvalue weighted by molar-refractivity contribution is 0.161. The van der Waals surface area contributed by atoms with E-state index in [2.05, 4.69) is 76.5 Å². The molecule has 1 atom stereocenters. The van der Waals surface area contributed by atoms with Crippen LogP contribution in [0.2, 0.25) is 0 Å². The van der Waals surface area contributed by atoms with Crippen molar-refractivity contribution in [2.75, 3.05) is 7.11 Å². The van der Waals surface area contributed by atoms with E-state index in [-0.39, 0.29) is 11.6 Å². The Morgan fingerprint density at radius 1 is 0.949 bits per heavy atom. The van der Waals surface area contributed by atoms with Gasteiger partial charge in [0, 0.05) is 24.2 Å². The highest BCUT2D eigenvalue weighted by molar-refractivity contribution is 5.80. The van der Waals surface area contributed by atoms with Gasteiger partial charge in [0.15, 0.2) is 5.82 Å². The minimum atomic E-state index is -0.110. The van der Waals surface area contributed by atoms with E-state index in [1.165, 1.54) is 5.56 Å². The van der Waals surface area contributed by atoms with Gasteiger partial charge in [-0.05, 0) is 88.7 Å². The van der Waals surface area contributed by atoms with E-state index in [4.69, 9.17) is 4.74 Å². The van der Waals surface area contributed by atoms with Gasteiger partial charge >= 0.3 is 0 Å². The third-order valence-corrected chi connectivity index (χ3v) is 7.31. The number of benzene rings is 3.